The third-order valence-corrected chi connectivity index (χ3v) is 15.6. The molecule has 7 aromatic carbocycles. The zero-order chi connectivity index (χ0) is 45.0. The van der Waals surface area contributed by atoms with E-state index in [1.165, 1.54) is 127 Å². The van der Waals surface area contributed by atoms with Gasteiger partial charge in [0.1, 0.15) is 0 Å². The Bertz CT molecular complexity index is 3850. The van der Waals surface area contributed by atoms with Crippen LogP contribution in [0.2, 0.25) is 0 Å². The van der Waals surface area contributed by atoms with Gasteiger partial charge in [-0.1, -0.05) is 115 Å². The summed E-state index contributed by atoms with van der Waals surface area (Å²) >= 11 is 0. The lowest BCUT2D eigenvalue weighted by molar-refractivity contribution is 0.657. The van der Waals surface area contributed by atoms with E-state index in [4.69, 9.17) is 4.99 Å². The van der Waals surface area contributed by atoms with Crippen molar-refractivity contribution in [2.24, 2.45) is 4.99 Å². The Morgan fingerprint density at radius 1 is 0.529 bits per heavy atom. The first-order valence-corrected chi connectivity index (χ1v) is 24.5. The molecule has 0 N–H and O–H groups in total. The summed E-state index contributed by atoms with van der Waals surface area (Å²) in [5, 5.41) is 5.39. The van der Waals surface area contributed by atoms with E-state index in [1.54, 1.807) is 0 Å². The standard InChI is InChI=1S/C64H50N4/c1-39-33-51(29-31-65-39)67-59-27-23-47(45-17-13-43(14-18-45)41-9-5-3-6-10-41)35-55(59)57-37-49-22-26-54-62-50(21-25-53(61(49)62)63(57)67)38-58-56-36-48(46-19-15-44(16-20-46)42-11-7-4-8-12-42)24-28-60(56)68(64(54)58)52-30-32-66-40(2)34-52/h3-11,13-20,23-24,27-32,34-38,42,51H,12,21-22,25-26,33H2,1-2H3. The minimum Gasteiger partial charge on any atom is -0.333 e. The molecule has 0 amide bonds. The summed E-state index contributed by atoms with van der Waals surface area (Å²) in [6, 6.07) is 53.2. The molecule has 4 heteroatoms. The Balaban J connectivity index is 0.966. The summed E-state index contributed by atoms with van der Waals surface area (Å²) in [6.45, 7) is 4.29. The number of benzene rings is 7. The molecule has 10 aromatic rings. The molecule has 14 rings (SSSR count). The van der Waals surface area contributed by atoms with Crippen LogP contribution in [0.5, 0.6) is 0 Å². The van der Waals surface area contributed by atoms with Gasteiger partial charge in [0.25, 0.3) is 0 Å². The van der Waals surface area contributed by atoms with Crippen LogP contribution in [0.4, 0.5) is 0 Å². The quantitative estimate of drug-likeness (QED) is 0.164. The molecular formula is C64H50N4. The number of nitrogens with zero attached hydrogens (tertiary/aromatic N) is 4. The Labute approximate surface area is 397 Å². The molecule has 2 atom stereocenters. The minimum atomic E-state index is 0.189. The zero-order valence-electron chi connectivity index (χ0n) is 38.5. The number of pyridine rings is 1. The highest BCUT2D eigenvalue weighted by Crippen LogP contribution is 2.52. The summed E-state index contributed by atoms with van der Waals surface area (Å²) in [7, 11) is 0. The van der Waals surface area contributed by atoms with E-state index >= 15 is 0 Å². The smallest absolute Gasteiger partial charge is 0.0592 e. The monoisotopic (exact) mass is 874 g/mol. The van der Waals surface area contributed by atoms with E-state index in [1.807, 2.05) is 12.4 Å². The Morgan fingerprint density at radius 3 is 1.82 bits per heavy atom. The average Bonchev–Trinajstić information content (AvgIpc) is 3.90. The third kappa shape index (κ3) is 6.13. The van der Waals surface area contributed by atoms with Gasteiger partial charge in [-0.2, -0.15) is 0 Å². The van der Waals surface area contributed by atoms with Gasteiger partial charge < -0.3 is 9.13 Å². The first kappa shape index (κ1) is 39.4. The molecule has 0 saturated carbocycles. The highest BCUT2D eigenvalue weighted by Gasteiger charge is 2.34. The highest BCUT2D eigenvalue weighted by molar-refractivity contribution is 6.16. The van der Waals surface area contributed by atoms with Crippen molar-refractivity contribution >= 4 is 49.3 Å². The lowest BCUT2D eigenvalue weighted by Crippen LogP contribution is -2.18. The van der Waals surface area contributed by atoms with Crippen molar-refractivity contribution in [3.05, 3.63) is 216 Å². The van der Waals surface area contributed by atoms with Gasteiger partial charge in [0, 0.05) is 68.9 Å². The predicted octanol–water partition coefficient (Wildman–Crippen LogP) is 16.0. The number of hydrogen-bond donors (Lipinski definition) is 0. The second kappa shape index (κ2) is 15.4. The zero-order valence-corrected chi connectivity index (χ0v) is 38.5. The van der Waals surface area contributed by atoms with E-state index < -0.39 is 0 Å². The molecule has 4 aliphatic rings. The predicted molar refractivity (Wildman–Crippen MR) is 284 cm³/mol. The second-order valence-electron chi connectivity index (χ2n) is 19.6. The number of rotatable bonds is 6. The topological polar surface area (TPSA) is 35.1 Å². The molecule has 0 spiro atoms. The van der Waals surface area contributed by atoms with Crippen LogP contribution in [-0.4, -0.2) is 19.8 Å². The lowest BCUT2D eigenvalue weighted by Gasteiger charge is -2.32. The van der Waals surface area contributed by atoms with Crippen molar-refractivity contribution < 1.29 is 0 Å². The molecule has 0 saturated heterocycles. The normalized spacial score (nSPS) is 17.1. The number of aliphatic imine (C=N–C) groups is 1. The Morgan fingerprint density at radius 2 is 1.15 bits per heavy atom. The molecular weight excluding hydrogens is 825 g/mol. The first-order valence-electron chi connectivity index (χ1n) is 24.5. The van der Waals surface area contributed by atoms with Gasteiger partial charge in [-0.25, -0.2) is 0 Å². The fourth-order valence-corrected chi connectivity index (χ4v) is 12.4. The maximum Gasteiger partial charge on any atom is 0.0592 e. The van der Waals surface area contributed by atoms with E-state index in [9.17, 15) is 0 Å². The summed E-state index contributed by atoms with van der Waals surface area (Å²) in [5.74, 6) is 0.441. The molecule has 0 fully saturated rings. The average molecular weight is 875 g/mol. The molecule has 0 radical (unpaired) electrons. The van der Waals surface area contributed by atoms with Crippen LogP contribution >= 0.6 is 0 Å². The van der Waals surface area contributed by atoms with Crippen LogP contribution in [0.3, 0.4) is 0 Å². The lowest BCUT2D eigenvalue weighted by atomic mass is 9.74. The molecule has 2 unspecified atom stereocenters. The van der Waals surface area contributed by atoms with Gasteiger partial charge in [-0.05, 0) is 173 Å². The molecule has 3 aromatic heterocycles. The molecule has 68 heavy (non-hydrogen) atoms. The fourth-order valence-electron chi connectivity index (χ4n) is 12.4. The van der Waals surface area contributed by atoms with Gasteiger partial charge in [-0.15, -0.1) is 0 Å². The molecule has 1 aliphatic heterocycles. The third-order valence-electron chi connectivity index (χ3n) is 15.6. The maximum absolute atomic E-state index is 4.73. The van der Waals surface area contributed by atoms with Crippen LogP contribution in [0.25, 0.3) is 93.8 Å². The number of hydrogen-bond acceptors (Lipinski definition) is 2. The van der Waals surface area contributed by atoms with Crippen molar-refractivity contribution in [3.63, 3.8) is 0 Å². The van der Waals surface area contributed by atoms with Crippen molar-refractivity contribution in [2.45, 2.75) is 64.3 Å². The molecule has 326 valence electrons. The summed E-state index contributed by atoms with van der Waals surface area (Å²) in [6.07, 6.45) is 21.2. The van der Waals surface area contributed by atoms with Gasteiger partial charge in [0.2, 0.25) is 0 Å². The van der Waals surface area contributed by atoms with Gasteiger partial charge in [0.05, 0.1) is 22.6 Å². The van der Waals surface area contributed by atoms with E-state index in [-0.39, 0.29) is 6.04 Å². The SMILES string of the molecule is CC1=NC=CC(n2c3ccc(-c4ccc(-c5ccccc5)cc4)cc3c3cc4c5c(c32)CCc2cc3c6cc(-c7ccc(C8C=CC=CC8)cc7)ccc6n(-c6ccnc(C)c6)c3c(c2-5)CC4)C1. The molecule has 3 aliphatic carbocycles. The van der Waals surface area contributed by atoms with Gasteiger partial charge in [0.15, 0.2) is 0 Å². The largest absolute Gasteiger partial charge is 0.333 e. The van der Waals surface area contributed by atoms with Gasteiger partial charge >= 0.3 is 0 Å². The van der Waals surface area contributed by atoms with Gasteiger partial charge in [-0.3, -0.25) is 9.98 Å². The van der Waals surface area contributed by atoms with Crippen molar-refractivity contribution in [3.8, 4) is 50.2 Å². The van der Waals surface area contributed by atoms with Crippen molar-refractivity contribution in [2.75, 3.05) is 0 Å². The molecule has 4 heterocycles. The van der Waals surface area contributed by atoms with Crippen LogP contribution in [-0.2, 0) is 25.7 Å². The fraction of sp³-hybridized carbons (Fsp3) is 0.156. The second-order valence-corrected chi connectivity index (χ2v) is 19.6. The Kier molecular flexibility index (Phi) is 8.89. The highest BCUT2D eigenvalue weighted by atomic mass is 15.0. The number of aryl methyl sites for hydroxylation is 5. The van der Waals surface area contributed by atoms with Crippen LogP contribution < -0.4 is 0 Å². The number of aromatic nitrogens is 3. The first-order chi connectivity index (χ1) is 33.5. The van der Waals surface area contributed by atoms with E-state index in [0.29, 0.717) is 5.92 Å². The van der Waals surface area contributed by atoms with Crippen molar-refractivity contribution in [1.29, 1.82) is 0 Å². The Hall–Kier alpha value is -7.82. The summed E-state index contributed by atoms with van der Waals surface area (Å²) < 4.78 is 5.24. The summed E-state index contributed by atoms with van der Waals surface area (Å²) in [4.78, 5) is 9.38. The van der Waals surface area contributed by atoms with Crippen molar-refractivity contribution in [1.82, 2.24) is 14.1 Å². The molecule has 4 nitrogen and oxygen atoms in total. The molecule has 0 bridgehead atoms. The van der Waals surface area contributed by atoms with E-state index in [2.05, 4.69) is 198 Å². The summed E-state index contributed by atoms with van der Waals surface area (Å²) in [5.41, 5.74) is 26.5. The van der Waals surface area contributed by atoms with Crippen LogP contribution in [0.1, 0.15) is 65.2 Å². The maximum atomic E-state index is 4.73. The minimum absolute atomic E-state index is 0.189. The van der Waals surface area contributed by atoms with Crippen LogP contribution in [0, 0.1) is 6.92 Å². The van der Waals surface area contributed by atoms with Crippen LogP contribution in [0.15, 0.2) is 187 Å². The number of fused-ring (bicyclic) bond motifs is 8. The van der Waals surface area contributed by atoms with E-state index in [0.717, 1.165) is 44.2 Å². The number of allylic oxidation sites excluding steroid dienone is 5.